The van der Waals surface area contributed by atoms with E-state index < -0.39 is 64.9 Å². The first-order valence-electron chi connectivity index (χ1n) is 8.15. The minimum absolute atomic E-state index is 0.267. The third-order valence-corrected chi connectivity index (χ3v) is 4.86. The van der Waals surface area contributed by atoms with Gasteiger partial charge in [0.25, 0.3) is 0 Å². The molecule has 0 amide bonds. The van der Waals surface area contributed by atoms with Gasteiger partial charge in [0.1, 0.15) is 6.61 Å². The van der Waals surface area contributed by atoms with Crippen molar-refractivity contribution >= 4 is 5.97 Å². The largest absolute Gasteiger partial charge is 0.460 e. The number of methoxy groups -OCH3 is 1. The molecular formula is C19H19F4NO3. The van der Waals surface area contributed by atoms with Crippen LogP contribution in [0, 0.1) is 51.9 Å². The highest BCUT2D eigenvalue weighted by molar-refractivity contribution is 5.78. The van der Waals surface area contributed by atoms with Gasteiger partial charge in [-0.15, -0.1) is 0 Å². The first kappa shape index (κ1) is 20.9. The topological polar surface area (TPSA) is 59.3 Å². The van der Waals surface area contributed by atoms with E-state index in [0.717, 1.165) is 7.11 Å². The Labute approximate surface area is 154 Å². The summed E-state index contributed by atoms with van der Waals surface area (Å²) < 4.78 is 65.4. The van der Waals surface area contributed by atoms with Crippen LogP contribution in [0.4, 0.5) is 17.6 Å². The normalized spacial score (nSPS) is 20.9. The van der Waals surface area contributed by atoms with E-state index in [2.05, 4.69) is 4.74 Å². The molecule has 0 spiro atoms. The van der Waals surface area contributed by atoms with E-state index in [9.17, 15) is 22.4 Å². The van der Waals surface area contributed by atoms with E-state index in [4.69, 9.17) is 10.00 Å². The van der Waals surface area contributed by atoms with Crippen LogP contribution < -0.4 is 0 Å². The van der Waals surface area contributed by atoms with Gasteiger partial charge in [0.05, 0.1) is 29.7 Å². The van der Waals surface area contributed by atoms with Gasteiger partial charge in [0.15, 0.2) is 23.3 Å². The van der Waals surface area contributed by atoms with Gasteiger partial charge in [0, 0.05) is 12.7 Å². The molecule has 1 aliphatic carbocycles. The molecule has 1 saturated carbocycles. The van der Waals surface area contributed by atoms with Crippen LogP contribution in [0.25, 0.3) is 0 Å². The minimum atomic E-state index is -1.62. The summed E-state index contributed by atoms with van der Waals surface area (Å²) in [5.41, 5.74) is -1.94. The molecule has 4 nitrogen and oxygen atoms in total. The Morgan fingerprint density at radius 2 is 1.59 bits per heavy atom. The van der Waals surface area contributed by atoms with Crippen molar-refractivity contribution in [1.29, 1.82) is 5.26 Å². The molecule has 1 aromatic carbocycles. The van der Waals surface area contributed by atoms with Crippen LogP contribution in [0.2, 0.25) is 0 Å². The van der Waals surface area contributed by atoms with Crippen molar-refractivity contribution in [1.82, 2.24) is 0 Å². The van der Waals surface area contributed by atoms with Crippen molar-refractivity contribution in [2.45, 2.75) is 34.0 Å². The number of halogens is 4. The Kier molecular flexibility index (Phi) is 5.95. The molecule has 2 unspecified atom stereocenters. The Hall–Kier alpha value is -2.40. The maximum Gasteiger partial charge on any atom is 0.310 e. The molecule has 27 heavy (non-hydrogen) atoms. The lowest BCUT2D eigenvalue weighted by Gasteiger charge is -2.12. The van der Waals surface area contributed by atoms with Crippen LogP contribution in [0.3, 0.4) is 0 Å². The van der Waals surface area contributed by atoms with Gasteiger partial charge < -0.3 is 9.47 Å². The number of rotatable bonds is 6. The average molecular weight is 385 g/mol. The number of carbonyl (C=O) groups is 1. The van der Waals surface area contributed by atoms with Crippen molar-refractivity contribution in [3.8, 4) is 6.07 Å². The highest BCUT2D eigenvalue weighted by Gasteiger charge is 2.61. The Morgan fingerprint density at radius 3 is 2.04 bits per heavy atom. The first-order chi connectivity index (χ1) is 12.6. The molecule has 0 saturated heterocycles. The number of hydrogen-bond donors (Lipinski definition) is 0. The lowest BCUT2D eigenvalue weighted by Crippen LogP contribution is -2.15. The summed E-state index contributed by atoms with van der Waals surface area (Å²) >= 11 is 0. The summed E-state index contributed by atoms with van der Waals surface area (Å²) in [7, 11) is 1.13. The predicted octanol–water partition coefficient (Wildman–Crippen LogP) is 4.17. The summed E-state index contributed by atoms with van der Waals surface area (Å²) in [4.78, 5) is 12.2. The Balaban J connectivity index is 2.18. The number of nitrogens with zero attached hydrogens (tertiary/aromatic N) is 1. The highest BCUT2D eigenvalue weighted by atomic mass is 19.2. The second-order valence-corrected chi connectivity index (χ2v) is 7.04. The lowest BCUT2D eigenvalue weighted by molar-refractivity contribution is -0.147. The van der Waals surface area contributed by atoms with Crippen LogP contribution in [0.15, 0.2) is 11.6 Å². The van der Waals surface area contributed by atoms with E-state index in [1.54, 1.807) is 26.8 Å². The number of allylic oxidation sites excluding steroid dienone is 2. The third-order valence-electron chi connectivity index (χ3n) is 4.86. The molecule has 1 fully saturated rings. The van der Waals surface area contributed by atoms with E-state index in [-0.39, 0.29) is 5.92 Å². The second kappa shape index (κ2) is 7.69. The van der Waals surface area contributed by atoms with Gasteiger partial charge >= 0.3 is 5.97 Å². The second-order valence-electron chi connectivity index (χ2n) is 7.04. The fraction of sp³-hybridized carbons (Fsp3) is 0.474. The SMILES string of the molecule is COCc1c(F)c(F)c(COC(=O)C2C(/C=C(\C)C#N)C2(C)C)c(F)c1F. The lowest BCUT2D eigenvalue weighted by atomic mass is 10.1. The maximum absolute atomic E-state index is 14.1. The van der Waals surface area contributed by atoms with Gasteiger partial charge in [-0.05, 0) is 18.3 Å². The molecule has 146 valence electrons. The van der Waals surface area contributed by atoms with Gasteiger partial charge in [-0.1, -0.05) is 19.9 Å². The number of hydrogen-bond acceptors (Lipinski definition) is 4. The molecule has 1 aliphatic rings. The van der Waals surface area contributed by atoms with Crippen molar-refractivity contribution in [2.75, 3.05) is 7.11 Å². The monoisotopic (exact) mass is 385 g/mol. The molecule has 0 heterocycles. The van der Waals surface area contributed by atoms with Crippen molar-refractivity contribution in [2.24, 2.45) is 17.3 Å². The standard InChI is InChI=1S/C19H19F4NO3/c1-9(6-24)5-12-13(19(12,2)3)18(25)27-8-11-16(22)14(20)10(7-26-4)15(21)17(11)23/h5,12-13H,7-8H2,1-4H3/b9-5+. The van der Waals surface area contributed by atoms with E-state index in [0.29, 0.717) is 5.57 Å². The van der Waals surface area contributed by atoms with E-state index in [1.165, 1.54) is 0 Å². The van der Waals surface area contributed by atoms with Crippen LogP contribution in [0.5, 0.6) is 0 Å². The minimum Gasteiger partial charge on any atom is -0.460 e. The van der Waals surface area contributed by atoms with E-state index in [1.807, 2.05) is 6.07 Å². The highest BCUT2D eigenvalue weighted by Crippen LogP contribution is 2.59. The van der Waals surface area contributed by atoms with Crippen LogP contribution >= 0.6 is 0 Å². The Bertz CT molecular complexity index is 813. The zero-order valence-electron chi connectivity index (χ0n) is 15.3. The maximum atomic E-state index is 14.1. The first-order valence-corrected chi connectivity index (χ1v) is 8.15. The molecule has 0 radical (unpaired) electrons. The van der Waals surface area contributed by atoms with Gasteiger partial charge in [-0.3, -0.25) is 4.79 Å². The molecule has 0 aliphatic heterocycles. The quantitative estimate of drug-likeness (QED) is 0.319. The van der Waals surface area contributed by atoms with Gasteiger partial charge in [-0.2, -0.15) is 5.26 Å². The molecule has 8 heteroatoms. The zero-order valence-corrected chi connectivity index (χ0v) is 15.3. The van der Waals surface area contributed by atoms with Crippen molar-refractivity contribution < 1.29 is 31.8 Å². The van der Waals surface area contributed by atoms with Crippen LogP contribution in [0.1, 0.15) is 31.9 Å². The predicted molar refractivity (Wildman–Crippen MR) is 86.9 cm³/mol. The molecule has 0 N–H and O–H groups in total. The smallest absolute Gasteiger partial charge is 0.310 e. The number of benzene rings is 1. The molecular weight excluding hydrogens is 366 g/mol. The molecule has 2 rings (SSSR count). The summed E-state index contributed by atoms with van der Waals surface area (Å²) in [6, 6.07) is 1.95. The fourth-order valence-electron chi connectivity index (χ4n) is 3.10. The van der Waals surface area contributed by atoms with Gasteiger partial charge in [0.2, 0.25) is 0 Å². The number of ether oxygens (including phenoxy) is 2. The Morgan fingerprint density at radius 1 is 1.11 bits per heavy atom. The average Bonchev–Trinajstić information content (AvgIpc) is 3.16. The summed E-state index contributed by atoms with van der Waals surface area (Å²) in [5.74, 6) is -8.06. The zero-order chi connectivity index (χ0) is 20.5. The summed E-state index contributed by atoms with van der Waals surface area (Å²) in [5, 5.41) is 8.83. The van der Waals surface area contributed by atoms with E-state index >= 15 is 0 Å². The molecule has 1 aromatic rings. The van der Waals surface area contributed by atoms with Crippen molar-refractivity contribution in [3.05, 3.63) is 46.0 Å². The summed E-state index contributed by atoms with van der Waals surface area (Å²) in [6.07, 6.45) is 1.63. The summed E-state index contributed by atoms with van der Waals surface area (Å²) in [6.45, 7) is 3.57. The van der Waals surface area contributed by atoms with Crippen molar-refractivity contribution in [3.63, 3.8) is 0 Å². The van der Waals surface area contributed by atoms with Crippen LogP contribution in [-0.2, 0) is 27.5 Å². The fourth-order valence-corrected chi connectivity index (χ4v) is 3.10. The number of nitriles is 1. The molecule has 0 aromatic heterocycles. The van der Waals surface area contributed by atoms with Gasteiger partial charge in [-0.25, -0.2) is 17.6 Å². The van der Waals surface area contributed by atoms with Crippen LogP contribution in [-0.4, -0.2) is 13.1 Å². The molecule has 2 atom stereocenters. The molecule has 0 bridgehead atoms. The third kappa shape index (κ3) is 3.83. The number of carbonyl (C=O) groups excluding carboxylic acids is 1. The number of esters is 1.